The smallest absolute Gasteiger partial charge is 0.0699 e. The van der Waals surface area contributed by atoms with Crippen molar-refractivity contribution in [1.29, 1.82) is 0 Å². The van der Waals surface area contributed by atoms with Crippen molar-refractivity contribution in [3.63, 3.8) is 0 Å². The molecule has 3 heteroatoms. The van der Waals surface area contributed by atoms with E-state index in [1.54, 1.807) is 0 Å². The molecule has 0 bridgehead atoms. The van der Waals surface area contributed by atoms with Crippen molar-refractivity contribution in [2.24, 2.45) is 5.92 Å². The van der Waals surface area contributed by atoms with E-state index >= 15 is 0 Å². The first-order chi connectivity index (χ1) is 7.24. The van der Waals surface area contributed by atoms with Gasteiger partial charge in [-0.1, -0.05) is 0 Å². The summed E-state index contributed by atoms with van der Waals surface area (Å²) in [7, 11) is 2.01. The van der Waals surface area contributed by atoms with Gasteiger partial charge in [0.1, 0.15) is 0 Å². The van der Waals surface area contributed by atoms with Crippen molar-refractivity contribution in [1.82, 2.24) is 5.32 Å². The SMILES string of the molecule is CNC1CCC(O)(C2CCCOC2)CC1. The summed E-state index contributed by atoms with van der Waals surface area (Å²) in [5.74, 6) is 0.379. The van der Waals surface area contributed by atoms with E-state index in [4.69, 9.17) is 4.74 Å². The molecule has 0 amide bonds. The highest BCUT2D eigenvalue weighted by Gasteiger charge is 2.40. The summed E-state index contributed by atoms with van der Waals surface area (Å²) in [5.41, 5.74) is -0.437. The highest BCUT2D eigenvalue weighted by Crippen LogP contribution is 2.38. The van der Waals surface area contributed by atoms with Gasteiger partial charge in [0.25, 0.3) is 0 Å². The van der Waals surface area contributed by atoms with Gasteiger partial charge in [-0.2, -0.15) is 0 Å². The molecule has 1 saturated carbocycles. The Hall–Kier alpha value is -0.120. The molecular formula is C12H23NO2. The van der Waals surface area contributed by atoms with E-state index in [2.05, 4.69) is 5.32 Å². The Morgan fingerprint density at radius 3 is 2.53 bits per heavy atom. The van der Waals surface area contributed by atoms with Crippen LogP contribution >= 0.6 is 0 Å². The average Bonchev–Trinajstić information content (AvgIpc) is 2.31. The van der Waals surface area contributed by atoms with Crippen molar-refractivity contribution in [2.45, 2.75) is 50.2 Å². The van der Waals surface area contributed by atoms with Gasteiger partial charge in [0.05, 0.1) is 12.2 Å². The lowest BCUT2D eigenvalue weighted by Crippen LogP contribution is -2.47. The lowest BCUT2D eigenvalue weighted by molar-refractivity contribution is -0.101. The predicted octanol–water partition coefficient (Wildman–Crippen LogP) is 1.31. The minimum Gasteiger partial charge on any atom is -0.390 e. The highest BCUT2D eigenvalue weighted by atomic mass is 16.5. The standard InChI is InChI=1S/C12H23NO2/c1-13-11-4-6-12(14,7-5-11)10-3-2-8-15-9-10/h10-11,13-14H,2-9H2,1H3. The molecule has 0 aromatic carbocycles. The zero-order valence-electron chi connectivity index (χ0n) is 9.67. The van der Waals surface area contributed by atoms with Crippen LogP contribution in [0.25, 0.3) is 0 Å². The van der Waals surface area contributed by atoms with Crippen LogP contribution < -0.4 is 5.32 Å². The molecule has 1 heterocycles. The van der Waals surface area contributed by atoms with Crippen molar-refractivity contribution in [3.05, 3.63) is 0 Å². The fraction of sp³-hybridized carbons (Fsp3) is 1.00. The molecule has 15 heavy (non-hydrogen) atoms. The third-order valence-corrected chi connectivity index (χ3v) is 4.18. The molecule has 1 atom stereocenters. The van der Waals surface area contributed by atoms with Crippen LogP contribution in [0.4, 0.5) is 0 Å². The third kappa shape index (κ3) is 2.52. The molecule has 0 spiro atoms. The van der Waals surface area contributed by atoms with Crippen LogP contribution in [0.5, 0.6) is 0 Å². The van der Waals surface area contributed by atoms with Crippen LogP contribution in [0.2, 0.25) is 0 Å². The second kappa shape index (κ2) is 4.81. The molecule has 2 rings (SSSR count). The number of hydrogen-bond donors (Lipinski definition) is 2. The van der Waals surface area contributed by atoms with E-state index in [0.717, 1.165) is 51.7 Å². The monoisotopic (exact) mass is 213 g/mol. The zero-order valence-corrected chi connectivity index (χ0v) is 9.67. The number of aliphatic hydroxyl groups is 1. The maximum absolute atomic E-state index is 10.6. The van der Waals surface area contributed by atoms with Gasteiger partial charge in [0.2, 0.25) is 0 Å². The molecule has 1 aliphatic carbocycles. The van der Waals surface area contributed by atoms with E-state index in [9.17, 15) is 5.11 Å². The molecule has 2 fully saturated rings. The maximum Gasteiger partial charge on any atom is 0.0699 e. The van der Waals surface area contributed by atoms with Crippen molar-refractivity contribution < 1.29 is 9.84 Å². The topological polar surface area (TPSA) is 41.5 Å². The van der Waals surface area contributed by atoms with E-state index in [1.807, 2.05) is 7.05 Å². The largest absolute Gasteiger partial charge is 0.390 e. The van der Waals surface area contributed by atoms with E-state index in [0.29, 0.717) is 12.0 Å². The first kappa shape index (κ1) is 11.4. The normalized spacial score (nSPS) is 42.8. The van der Waals surface area contributed by atoms with Gasteiger partial charge in [0, 0.05) is 18.6 Å². The predicted molar refractivity (Wildman–Crippen MR) is 59.8 cm³/mol. The van der Waals surface area contributed by atoms with E-state index in [-0.39, 0.29) is 0 Å². The number of hydrogen-bond acceptors (Lipinski definition) is 3. The summed E-state index contributed by atoms with van der Waals surface area (Å²) in [6.07, 6.45) is 6.33. The Morgan fingerprint density at radius 1 is 1.27 bits per heavy atom. The Kier molecular flexibility index (Phi) is 3.65. The van der Waals surface area contributed by atoms with Crippen LogP contribution in [-0.2, 0) is 4.74 Å². The fourth-order valence-corrected chi connectivity index (χ4v) is 2.98. The Labute approximate surface area is 92.2 Å². The summed E-state index contributed by atoms with van der Waals surface area (Å²) in [4.78, 5) is 0. The summed E-state index contributed by atoms with van der Waals surface area (Å²) in [6, 6.07) is 0.606. The van der Waals surface area contributed by atoms with Crippen LogP contribution in [0.1, 0.15) is 38.5 Å². The van der Waals surface area contributed by atoms with Crippen LogP contribution in [0.3, 0.4) is 0 Å². The van der Waals surface area contributed by atoms with Gasteiger partial charge in [0.15, 0.2) is 0 Å². The summed E-state index contributed by atoms with van der Waals surface area (Å²) in [5, 5.41) is 13.9. The summed E-state index contributed by atoms with van der Waals surface area (Å²) >= 11 is 0. The minimum absolute atomic E-state index is 0.379. The lowest BCUT2D eigenvalue weighted by atomic mass is 9.72. The van der Waals surface area contributed by atoms with Crippen LogP contribution in [-0.4, -0.2) is 37.0 Å². The third-order valence-electron chi connectivity index (χ3n) is 4.18. The molecular weight excluding hydrogens is 190 g/mol. The minimum atomic E-state index is -0.437. The highest BCUT2D eigenvalue weighted by molar-refractivity contribution is 4.93. The molecule has 0 aromatic rings. The summed E-state index contributed by atoms with van der Waals surface area (Å²) < 4.78 is 5.48. The van der Waals surface area contributed by atoms with E-state index in [1.165, 1.54) is 0 Å². The van der Waals surface area contributed by atoms with Crippen molar-refractivity contribution in [3.8, 4) is 0 Å². The molecule has 0 aromatic heterocycles. The second-order valence-corrected chi connectivity index (χ2v) is 5.08. The van der Waals surface area contributed by atoms with Crippen molar-refractivity contribution in [2.75, 3.05) is 20.3 Å². The molecule has 88 valence electrons. The van der Waals surface area contributed by atoms with Crippen LogP contribution in [0.15, 0.2) is 0 Å². The van der Waals surface area contributed by atoms with Gasteiger partial charge in [-0.05, 0) is 45.6 Å². The van der Waals surface area contributed by atoms with Gasteiger partial charge in [-0.25, -0.2) is 0 Å². The fourth-order valence-electron chi connectivity index (χ4n) is 2.98. The molecule has 1 aliphatic heterocycles. The number of nitrogens with one attached hydrogen (secondary N) is 1. The first-order valence-electron chi connectivity index (χ1n) is 6.22. The van der Waals surface area contributed by atoms with Gasteiger partial charge in [-0.15, -0.1) is 0 Å². The number of ether oxygens (including phenoxy) is 1. The molecule has 0 radical (unpaired) electrons. The first-order valence-corrected chi connectivity index (χ1v) is 6.22. The van der Waals surface area contributed by atoms with Crippen LogP contribution in [0, 0.1) is 5.92 Å². The van der Waals surface area contributed by atoms with Gasteiger partial charge < -0.3 is 15.2 Å². The zero-order chi connectivity index (χ0) is 10.7. The molecule has 3 nitrogen and oxygen atoms in total. The van der Waals surface area contributed by atoms with Gasteiger partial charge in [-0.3, -0.25) is 0 Å². The summed E-state index contributed by atoms with van der Waals surface area (Å²) in [6.45, 7) is 1.65. The Bertz CT molecular complexity index is 194. The molecule has 2 aliphatic rings. The van der Waals surface area contributed by atoms with Gasteiger partial charge >= 0.3 is 0 Å². The van der Waals surface area contributed by atoms with Crippen molar-refractivity contribution >= 4 is 0 Å². The molecule has 2 N–H and O–H groups in total. The lowest BCUT2D eigenvalue weighted by Gasteiger charge is -2.43. The quantitative estimate of drug-likeness (QED) is 0.726. The maximum atomic E-state index is 10.6. The Morgan fingerprint density at radius 2 is 2.00 bits per heavy atom. The van der Waals surface area contributed by atoms with E-state index < -0.39 is 5.60 Å². The average molecular weight is 213 g/mol. The molecule has 1 unspecified atom stereocenters. The second-order valence-electron chi connectivity index (χ2n) is 5.08. The molecule has 1 saturated heterocycles. The Balaban J connectivity index is 1.89. The number of rotatable bonds is 2.